The van der Waals surface area contributed by atoms with Gasteiger partial charge in [0.05, 0.1) is 17.0 Å². The van der Waals surface area contributed by atoms with Crippen LogP contribution in [0, 0.1) is 11.3 Å². The lowest BCUT2D eigenvalue weighted by Crippen LogP contribution is -2.32. The highest BCUT2D eigenvalue weighted by Crippen LogP contribution is 2.63. The topological polar surface area (TPSA) is 71.7 Å². The van der Waals surface area contributed by atoms with Crippen LogP contribution in [0.4, 0.5) is 0 Å². The molecule has 7 aromatic rings. The number of nitriles is 1. The van der Waals surface area contributed by atoms with Crippen molar-refractivity contribution in [2.24, 2.45) is 0 Å². The molecule has 2 heterocycles. The molecule has 0 bridgehead atoms. The van der Waals surface area contributed by atoms with Gasteiger partial charge in [-0.1, -0.05) is 109 Å². The van der Waals surface area contributed by atoms with Crippen LogP contribution in [-0.2, 0) is 5.41 Å². The average Bonchev–Trinajstić information content (AvgIpc) is 3.43. The van der Waals surface area contributed by atoms with Crippen LogP contribution in [0.2, 0.25) is 0 Å². The molecule has 0 atom stereocenters. The number of hydrogen-bond donors (Lipinski definition) is 0. The van der Waals surface area contributed by atoms with E-state index in [0.717, 1.165) is 56.0 Å². The lowest BCUT2D eigenvalue weighted by Gasteiger charge is -2.39. The molecule has 1 spiro atoms. The van der Waals surface area contributed by atoms with Crippen LogP contribution >= 0.6 is 0 Å². The number of benzene rings is 6. The maximum absolute atomic E-state index is 9.38. The second kappa shape index (κ2) is 10.1. The summed E-state index contributed by atoms with van der Waals surface area (Å²) in [5.41, 5.74) is 9.46. The lowest BCUT2D eigenvalue weighted by atomic mass is 9.66. The minimum absolute atomic E-state index is 0.550. The fourth-order valence-corrected chi connectivity index (χ4v) is 7.12. The van der Waals surface area contributed by atoms with Gasteiger partial charge in [-0.3, -0.25) is 0 Å². The summed E-state index contributed by atoms with van der Waals surface area (Å²) in [4.78, 5) is 15.1. The molecule has 9 rings (SSSR count). The number of rotatable bonds is 3. The van der Waals surface area contributed by atoms with E-state index in [2.05, 4.69) is 84.9 Å². The minimum atomic E-state index is -0.585. The molecule has 2 aliphatic rings. The highest BCUT2D eigenvalue weighted by atomic mass is 16.5. The number of hydrogen-bond acceptors (Lipinski definition) is 5. The van der Waals surface area contributed by atoms with Crippen molar-refractivity contribution >= 4 is 0 Å². The van der Waals surface area contributed by atoms with Gasteiger partial charge < -0.3 is 4.74 Å². The van der Waals surface area contributed by atoms with Gasteiger partial charge in [0, 0.05) is 27.8 Å². The Balaban J connectivity index is 1.35. The molecule has 0 radical (unpaired) electrons. The van der Waals surface area contributed by atoms with Crippen LogP contribution in [0.25, 0.3) is 45.3 Å². The van der Waals surface area contributed by atoms with E-state index in [1.807, 2.05) is 54.6 Å². The van der Waals surface area contributed by atoms with Crippen LogP contribution in [0.3, 0.4) is 0 Å². The molecule has 6 aromatic carbocycles. The van der Waals surface area contributed by atoms with Crippen LogP contribution in [-0.4, -0.2) is 15.0 Å². The highest BCUT2D eigenvalue weighted by molar-refractivity contribution is 5.95. The summed E-state index contributed by atoms with van der Waals surface area (Å²) in [6, 6.07) is 51.4. The fraction of sp³-hybridized carbons (Fsp3) is 0.0244. The molecule has 5 heteroatoms. The van der Waals surface area contributed by atoms with Crippen LogP contribution in [0.15, 0.2) is 146 Å². The molecule has 0 amide bonds. The van der Waals surface area contributed by atoms with E-state index >= 15 is 0 Å². The van der Waals surface area contributed by atoms with E-state index < -0.39 is 5.41 Å². The van der Waals surface area contributed by atoms with Gasteiger partial charge in [-0.05, 0) is 58.7 Å². The van der Waals surface area contributed by atoms with Gasteiger partial charge in [0.25, 0.3) is 0 Å². The van der Waals surface area contributed by atoms with Gasteiger partial charge in [0.1, 0.15) is 11.5 Å². The van der Waals surface area contributed by atoms with E-state index in [9.17, 15) is 5.26 Å². The third-order valence-electron chi connectivity index (χ3n) is 9.05. The van der Waals surface area contributed by atoms with Crippen LogP contribution in [0.5, 0.6) is 11.5 Å². The fourth-order valence-electron chi connectivity index (χ4n) is 7.12. The number of aromatic nitrogens is 3. The van der Waals surface area contributed by atoms with Crippen molar-refractivity contribution in [2.45, 2.75) is 5.41 Å². The van der Waals surface area contributed by atoms with Crippen molar-refractivity contribution in [1.29, 1.82) is 5.26 Å². The molecule has 0 saturated carbocycles. The first kappa shape index (κ1) is 26.1. The monoisotopic (exact) mass is 588 g/mol. The molecule has 5 nitrogen and oxygen atoms in total. The van der Waals surface area contributed by atoms with Gasteiger partial charge in [0.2, 0.25) is 0 Å². The van der Waals surface area contributed by atoms with Gasteiger partial charge in [-0.25, -0.2) is 15.0 Å². The Morgan fingerprint density at radius 3 is 1.65 bits per heavy atom. The van der Waals surface area contributed by atoms with Crippen molar-refractivity contribution in [3.8, 4) is 62.9 Å². The average molecular weight is 589 g/mol. The number of fused-ring (bicyclic) bond motifs is 9. The molecular weight excluding hydrogens is 564 g/mol. The Hall–Kier alpha value is -6.38. The molecule has 1 aromatic heterocycles. The smallest absolute Gasteiger partial charge is 0.164 e. The summed E-state index contributed by atoms with van der Waals surface area (Å²) < 4.78 is 6.50. The largest absolute Gasteiger partial charge is 0.457 e. The lowest BCUT2D eigenvalue weighted by molar-refractivity contribution is 0.436. The summed E-state index contributed by atoms with van der Waals surface area (Å²) >= 11 is 0. The molecule has 0 N–H and O–H groups in total. The van der Waals surface area contributed by atoms with Crippen molar-refractivity contribution < 1.29 is 4.74 Å². The first-order valence-corrected chi connectivity index (χ1v) is 15.2. The second-order valence-electron chi connectivity index (χ2n) is 11.5. The zero-order chi connectivity index (χ0) is 30.7. The van der Waals surface area contributed by atoms with Crippen molar-refractivity contribution in [1.82, 2.24) is 15.0 Å². The summed E-state index contributed by atoms with van der Waals surface area (Å²) in [7, 11) is 0. The first-order valence-electron chi connectivity index (χ1n) is 15.2. The standard InChI is InChI=1S/C41H24N4O/c42-25-26-21-23-28(24-22-26)39-43-38(27-11-2-1-3-12-27)44-40(45-39)30-14-10-18-34-37(30)29-13-4-5-15-31(29)41(34)32-16-6-8-19-35(32)46-36-20-9-7-17-33(36)41/h1-24H. The Labute approximate surface area is 266 Å². The summed E-state index contributed by atoms with van der Waals surface area (Å²) in [6.45, 7) is 0. The second-order valence-corrected chi connectivity index (χ2v) is 11.5. The van der Waals surface area contributed by atoms with Crippen molar-refractivity contribution in [3.05, 3.63) is 173 Å². The van der Waals surface area contributed by atoms with Crippen LogP contribution < -0.4 is 4.74 Å². The van der Waals surface area contributed by atoms with E-state index in [1.165, 1.54) is 5.56 Å². The predicted molar refractivity (Wildman–Crippen MR) is 178 cm³/mol. The minimum Gasteiger partial charge on any atom is -0.457 e. The molecule has 1 aliphatic carbocycles. The van der Waals surface area contributed by atoms with E-state index in [1.54, 1.807) is 12.1 Å². The molecule has 0 unspecified atom stereocenters. The summed E-state index contributed by atoms with van der Waals surface area (Å²) in [6.07, 6.45) is 0. The zero-order valence-corrected chi connectivity index (χ0v) is 24.6. The van der Waals surface area contributed by atoms with Gasteiger partial charge in [0.15, 0.2) is 17.5 Å². The molecule has 46 heavy (non-hydrogen) atoms. The van der Waals surface area contributed by atoms with Gasteiger partial charge in [-0.15, -0.1) is 0 Å². The summed E-state index contributed by atoms with van der Waals surface area (Å²) in [5, 5.41) is 9.38. The molecule has 0 saturated heterocycles. The molecule has 1 aliphatic heterocycles. The number of para-hydroxylation sites is 2. The van der Waals surface area contributed by atoms with Crippen LogP contribution in [0.1, 0.15) is 27.8 Å². The number of nitrogens with zero attached hydrogens (tertiary/aromatic N) is 4. The van der Waals surface area contributed by atoms with Gasteiger partial charge >= 0.3 is 0 Å². The zero-order valence-electron chi connectivity index (χ0n) is 24.6. The Morgan fingerprint density at radius 1 is 0.457 bits per heavy atom. The highest BCUT2D eigenvalue weighted by Gasteiger charge is 2.51. The molecule has 0 fully saturated rings. The Kier molecular flexibility index (Phi) is 5.71. The van der Waals surface area contributed by atoms with Gasteiger partial charge in [-0.2, -0.15) is 5.26 Å². The van der Waals surface area contributed by atoms with E-state index in [0.29, 0.717) is 23.0 Å². The van der Waals surface area contributed by atoms with Crippen molar-refractivity contribution in [3.63, 3.8) is 0 Å². The maximum Gasteiger partial charge on any atom is 0.164 e. The van der Waals surface area contributed by atoms with Crippen molar-refractivity contribution in [2.75, 3.05) is 0 Å². The van der Waals surface area contributed by atoms with E-state index in [4.69, 9.17) is 19.7 Å². The maximum atomic E-state index is 9.38. The SMILES string of the molecule is N#Cc1ccc(-c2nc(-c3ccccc3)nc(-c3cccc4c3-c3ccccc3C43c4ccccc4Oc4ccccc43)n2)cc1. The predicted octanol–water partition coefficient (Wildman–Crippen LogP) is 9.21. The normalized spacial score (nSPS) is 13.1. The number of ether oxygens (including phenoxy) is 1. The summed E-state index contributed by atoms with van der Waals surface area (Å²) in [5.74, 6) is 3.43. The quantitative estimate of drug-likeness (QED) is 0.206. The third kappa shape index (κ3) is 3.71. The molecule has 214 valence electrons. The first-order chi connectivity index (χ1) is 22.8. The Bertz CT molecular complexity index is 2310. The molecular formula is C41H24N4O. The third-order valence-corrected chi connectivity index (χ3v) is 9.05. The van der Waals surface area contributed by atoms with E-state index in [-0.39, 0.29) is 0 Å². The Morgan fingerprint density at radius 2 is 0.978 bits per heavy atom.